The van der Waals surface area contributed by atoms with Crippen LogP contribution in [0.1, 0.15) is 10.6 Å². The van der Waals surface area contributed by atoms with Crippen LogP contribution in [0.4, 0.5) is 5.82 Å². The highest BCUT2D eigenvalue weighted by Crippen LogP contribution is 2.12. The van der Waals surface area contributed by atoms with E-state index < -0.39 is 11.6 Å². The number of benzene rings is 1. The van der Waals surface area contributed by atoms with Crippen molar-refractivity contribution in [3.63, 3.8) is 0 Å². The maximum absolute atomic E-state index is 13.1. The number of fused-ring (bicyclic) bond motifs is 1. The molecular formula is C20H18N4O4S. The zero-order valence-electron chi connectivity index (χ0n) is 15.6. The first-order chi connectivity index (χ1) is 14.0. The molecule has 0 aliphatic rings. The summed E-state index contributed by atoms with van der Waals surface area (Å²) in [6.45, 7) is 1.71. The minimum absolute atomic E-state index is 0.243. The number of aryl methyl sites for hydroxylation is 2. The highest BCUT2D eigenvalue weighted by Gasteiger charge is 2.16. The predicted octanol–water partition coefficient (Wildman–Crippen LogP) is 2.40. The lowest BCUT2D eigenvalue weighted by molar-refractivity contribution is -0.116. The second-order valence-electron chi connectivity index (χ2n) is 6.54. The molecule has 8 nitrogen and oxygen atoms in total. The standard InChI is InChI=1S/C20H18N4O4S/c1-13-11-17(22-28-13)21-18(25)12-24-16-7-3-2-6-15(16)19(26)23(20(24)27)9-8-14-5-4-10-29-14/h2-7,10-11H,8-9,12H2,1H3,(H,21,22,25). The fourth-order valence-electron chi connectivity index (χ4n) is 3.15. The molecule has 3 heterocycles. The SMILES string of the molecule is Cc1cc(NC(=O)Cn2c(=O)n(CCc3cccs3)c(=O)c3ccccc32)no1. The molecule has 0 aliphatic heterocycles. The molecule has 4 aromatic rings. The number of para-hydroxylation sites is 1. The van der Waals surface area contributed by atoms with Gasteiger partial charge in [-0.25, -0.2) is 4.79 Å². The second kappa shape index (κ2) is 7.88. The summed E-state index contributed by atoms with van der Waals surface area (Å²) < 4.78 is 7.44. The lowest BCUT2D eigenvalue weighted by Gasteiger charge is -2.13. The number of carbonyl (C=O) groups is 1. The fourth-order valence-corrected chi connectivity index (χ4v) is 3.85. The number of aromatic nitrogens is 3. The second-order valence-corrected chi connectivity index (χ2v) is 7.58. The van der Waals surface area contributed by atoms with Gasteiger partial charge in [-0.2, -0.15) is 0 Å². The number of hydrogen-bond acceptors (Lipinski definition) is 6. The van der Waals surface area contributed by atoms with Crippen molar-refractivity contribution < 1.29 is 9.32 Å². The van der Waals surface area contributed by atoms with Gasteiger partial charge in [-0.1, -0.05) is 23.4 Å². The Kier molecular flexibility index (Phi) is 5.13. The summed E-state index contributed by atoms with van der Waals surface area (Å²) in [6, 6.07) is 12.3. The molecule has 0 bridgehead atoms. The molecule has 0 atom stereocenters. The minimum Gasteiger partial charge on any atom is -0.360 e. The van der Waals surface area contributed by atoms with Gasteiger partial charge in [-0.15, -0.1) is 11.3 Å². The Hall–Kier alpha value is -3.46. The molecule has 9 heteroatoms. The van der Waals surface area contributed by atoms with E-state index in [2.05, 4.69) is 10.5 Å². The average Bonchev–Trinajstić information content (AvgIpc) is 3.37. The van der Waals surface area contributed by atoms with Crippen LogP contribution in [0.15, 0.2) is 62.0 Å². The Morgan fingerprint density at radius 2 is 2.00 bits per heavy atom. The Morgan fingerprint density at radius 1 is 1.17 bits per heavy atom. The Morgan fingerprint density at radius 3 is 2.72 bits per heavy atom. The zero-order valence-corrected chi connectivity index (χ0v) is 16.4. The number of rotatable bonds is 6. The summed E-state index contributed by atoms with van der Waals surface area (Å²) in [5, 5.41) is 8.67. The first-order valence-electron chi connectivity index (χ1n) is 9.01. The van der Waals surface area contributed by atoms with Gasteiger partial charge in [0.25, 0.3) is 5.56 Å². The average molecular weight is 410 g/mol. The largest absolute Gasteiger partial charge is 0.360 e. The van der Waals surface area contributed by atoms with Crippen molar-refractivity contribution in [1.82, 2.24) is 14.3 Å². The monoisotopic (exact) mass is 410 g/mol. The van der Waals surface area contributed by atoms with Crippen molar-refractivity contribution in [2.75, 3.05) is 5.32 Å². The number of amides is 1. The Bertz CT molecular complexity index is 1280. The van der Waals surface area contributed by atoms with E-state index in [-0.39, 0.29) is 24.5 Å². The molecule has 0 unspecified atom stereocenters. The molecule has 4 rings (SSSR count). The Balaban J connectivity index is 1.70. The van der Waals surface area contributed by atoms with Gasteiger partial charge >= 0.3 is 5.69 Å². The van der Waals surface area contributed by atoms with Gasteiger partial charge < -0.3 is 9.84 Å². The third-order valence-corrected chi connectivity index (χ3v) is 5.43. The summed E-state index contributed by atoms with van der Waals surface area (Å²) >= 11 is 1.57. The maximum Gasteiger partial charge on any atom is 0.331 e. The number of hydrogen-bond donors (Lipinski definition) is 1. The first-order valence-corrected chi connectivity index (χ1v) is 9.89. The van der Waals surface area contributed by atoms with Crippen LogP contribution in [0.3, 0.4) is 0 Å². The number of nitrogens with one attached hydrogen (secondary N) is 1. The first kappa shape index (κ1) is 18.9. The molecule has 29 heavy (non-hydrogen) atoms. The summed E-state index contributed by atoms with van der Waals surface area (Å²) in [4.78, 5) is 39.5. The van der Waals surface area contributed by atoms with Crippen LogP contribution < -0.4 is 16.6 Å². The van der Waals surface area contributed by atoms with Crippen LogP contribution in [0.25, 0.3) is 10.9 Å². The third kappa shape index (κ3) is 3.90. The molecule has 1 aromatic carbocycles. The van der Waals surface area contributed by atoms with E-state index >= 15 is 0 Å². The third-order valence-electron chi connectivity index (χ3n) is 4.49. The molecule has 1 amide bonds. The maximum atomic E-state index is 13.1. The van der Waals surface area contributed by atoms with Crippen LogP contribution in [0, 0.1) is 6.92 Å². The van der Waals surface area contributed by atoms with Gasteiger partial charge in [-0.3, -0.25) is 18.7 Å². The van der Waals surface area contributed by atoms with E-state index in [1.54, 1.807) is 48.6 Å². The number of anilines is 1. The van der Waals surface area contributed by atoms with Crippen molar-refractivity contribution in [3.8, 4) is 0 Å². The smallest absolute Gasteiger partial charge is 0.331 e. The van der Waals surface area contributed by atoms with Gasteiger partial charge in [0.05, 0.1) is 10.9 Å². The van der Waals surface area contributed by atoms with Gasteiger partial charge in [0.1, 0.15) is 12.3 Å². The Labute approximate surface area is 169 Å². The lowest BCUT2D eigenvalue weighted by atomic mass is 10.2. The summed E-state index contributed by atoms with van der Waals surface area (Å²) in [7, 11) is 0. The number of thiophene rings is 1. The number of carbonyl (C=O) groups excluding carboxylic acids is 1. The van der Waals surface area contributed by atoms with Crippen LogP contribution in [-0.2, 0) is 24.3 Å². The molecule has 148 valence electrons. The van der Waals surface area contributed by atoms with Gasteiger partial charge in [0.15, 0.2) is 5.82 Å². The fraction of sp³-hybridized carbons (Fsp3) is 0.200. The molecular weight excluding hydrogens is 392 g/mol. The molecule has 0 radical (unpaired) electrons. The van der Waals surface area contributed by atoms with E-state index in [1.807, 2.05) is 17.5 Å². The normalized spacial score (nSPS) is 11.1. The van der Waals surface area contributed by atoms with Gasteiger partial charge in [0, 0.05) is 17.5 Å². The predicted molar refractivity (Wildman–Crippen MR) is 110 cm³/mol. The number of nitrogens with zero attached hydrogens (tertiary/aromatic N) is 3. The van der Waals surface area contributed by atoms with E-state index in [9.17, 15) is 14.4 Å². The van der Waals surface area contributed by atoms with E-state index in [4.69, 9.17) is 4.52 Å². The topological polar surface area (TPSA) is 99.1 Å². The zero-order chi connectivity index (χ0) is 20.4. The summed E-state index contributed by atoms with van der Waals surface area (Å²) in [5.74, 6) is 0.398. The molecule has 0 saturated carbocycles. The van der Waals surface area contributed by atoms with Gasteiger partial charge in [-0.05, 0) is 36.9 Å². The van der Waals surface area contributed by atoms with E-state index in [1.165, 1.54) is 9.13 Å². The van der Waals surface area contributed by atoms with Gasteiger partial charge in [0.2, 0.25) is 5.91 Å². The van der Waals surface area contributed by atoms with Crippen molar-refractivity contribution in [3.05, 3.63) is 79.3 Å². The quantitative estimate of drug-likeness (QED) is 0.526. The molecule has 1 N–H and O–H groups in total. The summed E-state index contributed by atoms with van der Waals surface area (Å²) in [5.41, 5.74) is -0.455. The molecule has 0 aliphatic carbocycles. The van der Waals surface area contributed by atoms with E-state index in [0.29, 0.717) is 23.1 Å². The lowest BCUT2D eigenvalue weighted by Crippen LogP contribution is -2.42. The van der Waals surface area contributed by atoms with Crippen LogP contribution in [0.2, 0.25) is 0 Å². The molecule has 0 fully saturated rings. The van der Waals surface area contributed by atoms with Crippen molar-refractivity contribution in [2.24, 2.45) is 0 Å². The summed E-state index contributed by atoms with van der Waals surface area (Å²) in [6.07, 6.45) is 0.565. The van der Waals surface area contributed by atoms with Crippen molar-refractivity contribution in [1.29, 1.82) is 0 Å². The van der Waals surface area contributed by atoms with Crippen LogP contribution in [-0.4, -0.2) is 20.2 Å². The highest BCUT2D eigenvalue weighted by molar-refractivity contribution is 7.09. The molecule has 3 aromatic heterocycles. The van der Waals surface area contributed by atoms with E-state index in [0.717, 1.165) is 4.88 Å². The van der Waals surface area contributed by atoms with Crippen molar-refractivity contribution >= 4 is 34.0 Å². The van der Waals surface area contributed by atoms with Crippen LogP contribution >= 0.6 is 11.3 Å². The molecule has 0 saturated heterocycles. The van der Waals surface area contributed by atoms with Crippen LogP contribution in [0.5, 0.6) is 0 Å². The molecule has 0 spiro atoms. The van der Waals surface area contributed by atoms with Crippen molar-refractivity contribution in [2.45, 2.75) is 26.4 Å². The minimum atomic E-state index is -0.517. The highest BCUT2D eigenvalue weighted by atomic mass is 32.1.